The SMILES string of the molecule is [C-]#[N+]c1c(CC2C(C)CC(C)CC2C)c2nc(CCCC3CCC4(CC3)NC(=O)C4(CC)Oc3ccc(C)cc3C)[nH]n2c1OC(=O)c1ccn[nH]1. The fourth-order valence-electron chi connectivity index (χ4n) is 9.95. The molecule has 1 amide bonds. The second-order valence-corrected chi connectivity index (χ2v) is 16.3. The molecule has 4 aromatic rings. The third-order valence-corrected chi connectivity index (χ3v) is 12.7. The lowest BCUT2D eigenvalue weighted by Crippen LogP contribution is -2.83. The molecule has 0 radical (unpaired) electrons. The Morgan fingerprint density at radius 2 is 1.87 bits per heavy atom. The summed E-state index contributed by atoms with van der Waals surface area (Å²) in [5.74, 6) is 3.88. The average molecular weight is 708 g/mol. The molecule has 7 rings (SSSR count). The molecule has 2 aliphatic carbocycles. The third-order valence-electron chi connectivity index (χ3n) is 12.7. The van der Waals surface area contributed by atoms with Gasteiger partial charge < -0.3 is 14.8 Å². The molecule has 3 N–H and O–H groups in total. The molecule has 52 heavy (non-hydrogen) atoms. The number of hydrogen-bond donors (Lipinski definition) is 3. The summed E-state index contributed by atoms with van der Waals surface area (Å²) in [4.78, 5) is 35.2. The highest BCUT2D eigenvalue weighted by atomic mass is 16.5. The minimum Gasteiger partial charge on any atom is -0.475 e. The number of fused-ring (bicyclic) bond motifs is 1. The average Bonchev–Trinajstić information content (AvgIpc) is 3.85. The van der Waals surface area contributed by atoms with Crippen LogP contribution in [0.25, 0.3) is 10.5 Å². The number of β-lactam (4-membered cyclic amide) rings is 1. The molecule has 1 saturated heterocycles. The van der Waals surface area contributed by atoms with E-state index in [4.69, 9.17) is 21.0 Å². The maximum atomic E-state index is 13.2. The van der Waals surface area contributed by atoms with Gasteiger partial charge >= 0.3 is 5.97 Å². The van der Waals surface area contributed by atoms with Gasteiger partial charge in [0.2, 0.25) is 11.5 Å². The summed E-state index contributed by atoms with van der Waals surface area (Å²) in [7, 11) is 0. The molecular weight excluding hydrogens is 654 g/mol. The first kappa shape index (κ1) is 35.8. The number of hydrogen-bond acceptors (Lipinski definition) is 6. The van der Waals surface area contributed by atoms with E-state index in [2.05, 4.69) is 66.1 Å². The Labute approximate surface area is 306 Å². The topological polar surface area (TPSA) is 131 Å². The van der Waals surface area contributed by atoms with Gasteiger partial charge in [0.25, 0.3) is 11.6 Å². The lowest BCUT2D eigenvalue weighted by Gasteiger charge is -2.60. The highest BCUT2D eigenvalue weighted by Gasteiger charge is 2.67. The summed E-state index contributed by atoms with van der Waals surface area (Å²) in [5.41, 5.74) is 3.16. The van der Waals surface area contributed by atoms with Crippen LogP contribution < -0.4 is 14.8 Å². The number of benzene rings is 1. The standard InChI is InChI=1S/C41H53N7O4/c1-8-41(52-33-13-12-24(2)20-28(33)6)39(50)45-40(41)17-14-29(15-18-40)10-9-11-34-44-36-31(23-30-26(4)21-25(3)22-27(30)5)35(42-7)37(48(36)47-34)51-38(49)32-16-19-43-46-32/h12-13,16,19-20,25-27,29-30H,8-11,14-15,17-18,21-23H2,1-6H3,(H,43,46)(H,44,47)(H,45,50). The quantitative estimate of drug-likeness (QED) is 0.0818. The zero-order chi connectivity index (χ0) is 36.8. The van der Waals surface area contributed by atoms with Crippen molar-refractivity contribution in [2.45, 2.75) is 123 Å². The van der Waals surface area contributed by atoms with Crippen molar-refractivity contribution in [3.63, 3.8) is 0 Å². The van der Waals surface area contributed by atoms with Gasteiger partial charge in [-0.25, -0.2) is 19.1 Å². The number of aryl methyl sites for hydroxylation is 3. The van der Waals surface area contributed by atoms with Crippen molar-refractivity contribution in [2.75, 3.05) is 0 Å². The first-order valence-corrected chi connectivity index (χ1v) is 19.3. The predicted molar refractivity (Wildman–Crippen MR) is 199 cm³/mol. The molecule has 4 heterocycles. The van der Waals surface area contributed by atoms with Crippen LogP contribution in [0.5, 0.6) is 11.6 Å². The predicted octanol–water partition coefficient (Wildman–Crippen LogP) is 8.24. The number of nitrogens with one attached hydrogen (secondary N) is 3. The fourth-order valence-corrected chi connectivity index (χ4v) is 9.95. The van der Waals surface area contributed by atoms with E-state index in [1.165, 1.54) is 24.6 Å². The minimum atomic E-state index is -0.833. The van der Waals surface area contributed by atoms with E-state index < -0.39 is 11.6 Å². The van der Waals surface area contributed by atoms with Crippen molar-refractivity contribution >= 4 is 23.2 Å². The van der Waals surface area contributed by atoms with Crippen LogP contribution in [0.1, 0.15) is 118 Å². The van der Waals surface area contributed by atoms with Crippen molar-refractivity contribution < 1.29 is 19.1 Å². The number of aromatic nitrogens is 5. The lowest BCUT2D eigenvalue weighted by molar-refractivity contribution is -0.176. The van der Waals surface area contributed by atoms with E-state index in [0.29, 0.717) is 47.3 Å². The molecule has 1 aliphatic heterocycles. The number of H-pyrrole nitrogens is 2. The largest absolute Gasteiger partial charge is 0.475 e. The van der Waals surface area contributed by atoms with Crippen molar-refractivity contribution in [1.82, 2.24) is 30.1 Å². The molecule has 276 valence electrons. The van der Waals surface area contributed by atoms with Gasteiger partial charge in [0.05, 0.1) is 12.1 Å². The monoisotopic (exact) mass is 707 g/mol. The highest BCUT2D eigenvalue weighted by molar-refractivity contribution is 5.95. The smallest absolute Gasteiger partial charge is 0.361 e. The summed E-state index contributed by atoms with van der Waals surface area (Å²) >= 11 is 0. The van der Waals surface area contributed by atoms with E-state index in [1.807, 2.05) is 19.1 Å². The number of carbonyl (C=O) groups is 2. The van der Waals surface area contributed by atoms with Gasteiger partial charge in [-0.1, -0.05) is 51.8 Å². The molecule has 0 bridgehead atoms. The first-order valence-electron chi connectivity index (χ1n) is 19.3. The minimum absolute atomic E-state index is 0.0000338. The molecule has 2 saturated carbocycles. The zero-order valence-electron chi connectivity index (χ0n) is 31.5. The van der Waals surface area contributed by atoms with Gasteiger partial charge in [-0.3, -0.25) is 15.0 Å². The Morgan fingerprint density at radius 1 is 1.12 bits per heavy atom. The molecular formula is C41H53N7O4. The van der Waals surface area contributed by atoms with Crippen molar-refractivity contribution in [1.29, 1.82) is 0 Å². The summed E-state index contributed by atoms with van der Waals surface area (Å²) in [6.45, 7) is 21.3. The van der Waals surface area contributed by atoms with Gasteiger partial charge in [-0.15, -0.1) is 0 Å². The number of carbonyl (C=O) groups excluding carboxylic acids is 2. The molecule has 3 fully saturated rings. The molecule has 3 aliphatic rings. The molecule has 1 spiro atoms. The van der Waals surface area contributed by atoms with Crippen molar-refractivity contribution in [3.8, 4) is 11.6 Å². The van der Waals surface area contributed by atoms with E-state index in [9.17, 15) is 9.59 Å². The van der Waals surface area contributed by atoms with Crippen LogP contribution >= 0.6 is 0 Å². The summed E-state index contributed by atoms with van der Waals surface area (Å²) < 4.78 is 14.2. The van der Waals surface area contributed by atoms with E-state index in [1.54, 1.807) is 10.6 Å². The molecule has 3 atom stereocenters. The number of esters is 1. The molecule has 3 unspecified atom stereocenters. The number of nitrogens with zero attached hydrogens (tertiary/aromatic N) is 4. The maximum Gasteiger partial charge on any atom is 0.361 e. The Morgan fingerprint density at radius 3 is 2.50 bits per heavy atom. The first-order chi connectivity index (χ1) is 25.0. The van der Waals surface area contributed by atoms with Crippen LogP contribution in [-0.2, 0) is 17.6 Å². The van der Waals surface area contributed by atoms with Crippen molar-refractivity contribution in [2.24, 2.45) is 29.6 Å². The van der Waals surface area contributed by atoms with Crippen LogP contribution in [0.2, 0.25) is 0 Å². The number of ether oxygens (including phenoxy) is 2. The second-order valence-electron chi connectivity index (χ2n) is 16.3. The normalized spacial score (nSPS) is 28.7. The fraction of sp³-hybridized carbons (Fsp3) is 0.585. The van der Waals surface area contributed by atoms with Crippen molar-refractivity contribution in [3.05, 3.63) is 70.1 Å². The van der Waals surface area contributed by atoms with E-state index in [-0.39, 0.29) is 23.0 Å². The van der Waals surface area contributed by atoms with Crippen LogP contribution in [0.4, 0.5) is 5.69 Å². The van der Waals surface area contributed by atoms with Crippen LogP contribution in [-0.4, -0.2) is 47.8 Å². The van der Waals surface area contributed by atoms with Crippen LogP contribution in [0.3, 0.4) is 0 Å². The number of amides is 1. The molecule has 1 aromatic carbocycles. The van der Waals surface area contributed by atoms with Gasteiger partial charge in [0, 0.05) is 18.2 Å². The third kappa shape index (κ3) is 6.28. The van der Waals surface area contributed by atoms with Gasteiger partial charge in [-0.2, -0.15) is 5.10 Å². The summed E-state index contributed by atoms with van der Waals surface area (Å²) in [5, 5.41) is 13.2. The van der Waals surface area contributed by atoms with E-state index in [0.717, 1.165) is 74.1 Å². The number of aromatic amines is 2. The van der Waals surface area contributed by atoms with E-state index >= 15 is 0 Å². The van der Waals surface area contributed by atoms with Crippen LogP contribution in [0, 0.1) is 50.0 Å². The molecule has 11 nitrogen and oxygen atoms in total. The Kier molecular flexibility index (Phi) is 9.70. The summed E-state index contributed by atoms with van der Waals surface area (Å²) in [6.07, 6.45) is 11.8. The Balaban J connectivity index is 1.05. The highest BCUT2D eigenvalue weighted by Crippen LogP contribution is 2.50. The number of rotatable bonds is 11. The lowest BCUT2D eigenvalue weighted by atomic mass is 9.60. The van der Waals surface area contributed by atoms with Crippen LogP contribution in [0.15, 0.2) is 30.5 Å². The molecule has 11 heteroatoms. The summed E-state index contributed by atoms with van der Waals surface area (Å²) in [6, 6.07) is 7.71. The Hall–Kier alpha value is -4.59. The molecule has 3 aromatic heterocycles. The van der Waals surface area contributed by atoms with Gasteiger partial charge in [0.15, 0.2) is 0 Å². The second kappa shape index (κ2) is 14.1. The van der Waals surface area contributed by atoms with Gasteiger partial charge in [-0.05, 0) is 119 Å². The zero-order valence-corrected chi connectivity index (χ0v) is 31.5. The maximum absolute atomic E-state index is 13.2. The van der Waals surface area contributed by atoms with Gasteiger partial charge in [0.1, 0.15) is 22.9 Å². The Bertz CT molecular complexity index is 1970.